The summed E-state index contributed by atoms with van der Waals surface area (Å²) in [4.78, 5) is 0. The molecule has 0 radical (unpaired) electrons. The number of fused-ring (bicyclic) bond motifs is 1. The van der Waals surface area contributed by atoms with Crippen molar-refractivity contribution >= 4 is 0 Å². The minimum absolute atomic E-state index is 0.881. The highest BCUT2D eigenvalue weighted by Gasteiger charge is 2.37. The molecule has 2 aliphatic carbocycles. The lowest BCUT2D eigenvalue weighted by Gasteiger charge is -2.43. The predicted molar refractivity (Wildman–Crippen MR) is 63.8 cm³/mol. The predicted octanol–water partition coefficient (Wildman–Crippen LogP) is 3.88. The van der Waals surface area contributed by atoms with Crippen LogP contribution in [-0.4, -0.2) is 13.7 Å². The topological polar surface area (TPSA) is 9.23 Å². The molecule has 88 valence electrons. The summed E-state index contributed by atoms with van der Waals surface area (Å²) in [6.07, 6.45) is 10.3. The Morgan fingerprint density at radius 3 is 2.73 bits per heavy atom. The molecule has 0 heterocycles. The average molecular weight is 210 g/mol. The first-order chi connectivity index (χ1) is 7.35. The van der Waals surface area contributed by atoms with Gasteiger partial charge in [-0.1, -0.05) is 32.6 Å². The lowest BCUT2D eigenvalue weighted by molar-refractivity contribution is 0.0256. The largest absolute Gasteiger partial charge is 0.384 e. The molecule has 0 spiro atoms. The van der Waals surface area contributed by atoms with Crippen LogP contribution in [0, 0.1) is 23.7 Å². The third kappa shape index (κ3) is 2.55. The standard InChI is InChI=1S/C14H26O/c1-3-11-7-8-14-12(9-11)5-4-6-13(14)10-15-2/h11-14H,3-10H2,1-2H3. The van der Waals surface area contributed by atoms with Crippen LogP contribution in [0.3, 0.4) is 0 Å². The molecule has 0 bridgehead atoms. The Morgan fingerprint density at radius 1 is 1.13 bits per heavy atom. The number of hydrogen-bond donors (Lipinski definition) is 0. The first kappa shape index (κ1) is 11.4. The zero-order valence-electron chi connectivity index (χ0n) is 10.4. The summed E-state index contributed by atoms with van der Waals surface area (Å²) in [6.45, 7) is 3.37. The van der Waals surface area contributed by atoms with Crippen molar-refractivity contribution < 1.29 is 4.74 Å². The van der Waals surface area contributed by atoms with Crippen LogP contribution in [0.2, 0.25) is 0 Å². The van der Waals surface area contributed by atoms with Crippen molar-refractivity contribution in [3.8, 4) is 0 Å². The van der Waals surface area contributed by atoms with Crippen molar-refractivity contribution in [2.45, 2.75) is 51.9 Å². The molecule has 0 aromatic heterocycles. The molecule has 0 amide bonds. The maximum Gasteiger partial charge on any atom is 0.0493 e. The molecule has 2 saturated carbocycles. The molecule has 0 aliphatic heterocycles. The highest BCUT2D eigenvalue weighted by molar-refractivity contribution is 4.87. The SMILES string of the molecule is CCC1CCC2C(COC)CCCC2C1. The molecule has 0 aromatic rings. The first-order valence-corrected chi connectivity index (χ1v) is 6.84. The van der Waals surface area contributed by atoms with E-state index >= 15 is 0 Å². The van der Waals surface area contributed by atoms with Gasteiger partial charge in [-0.05, 0) is 42.9 Å². The van der Waals surface area contributed by atoms with Crippen molar-refractivity contribution in [1.29, 1.82) is 0 Å². The Bertz CT molecular complexity index is 188. The fourth-order valence-electron chi connectivity index (χ4n) is 3.99. The van der Waals surface area contributed by atoms with Gasteiger partial charge in [0.2, 0.25) is 0 Å². The van der Waals surface area contributed by atoms with E-state index < -0.39 is 0 Å². The normalized spacial score (nSPS) is 41.2. The van der Waals surface area contributed by atoms with Crippen LogP contribution in [-0.2, 0) is 4.74 Å². The van der Waals surface area contributed by atoms with Gasteiger partial charge in [0.05, 0.1) is 0 Å². The fourth-order valence-corrected chi connectivity index (χ4v) is 3.99. The Labute approximate surface area is 94.6 Å². The maximum absolute atomic E-state index is 5.38. The van der Waals surface area contributed by atoms with Crippen LogP contribution in [0.25, 0.3) is 0 Å². The lowest BCUT2D eigenvalue weighted by Crippen LogP contribution is -2.35. The third-order valence-electron chi connectivity index (χ3n) is 4.86. The van der Waals surface area contributed by atoms with E-state index in [9.17, 15) is 0 Å². The summed E-state index contributed by atoms with van der Waals surface area (Å²) in [7, 11) is 1.86. The Hall–Kier alpha value is -0.0400. The Balaban J connectivity index is 1.93. The molecule has 0 N–H and O–H groups in total. The molecular formula is C14H26O. The summed E-state index contributed by atoms with van der Waals surface area (Å²) in [5.41, 5.74) is 0. The van der Waals surface area contributed by atoms with Gasteiger partial charge in [-0.2, -0.15) is 0 Å². The molecule has 0 aromatic carbocycles. The van der Waals surface area contributed by atoms with Gasteiger partial charge in [0.25, 0.3) is 0 Å². The lowest BCUT2D eigenvalue weighted by atomic mass is 9.63. The van der Waals surface area contributed by atoms with Gasteiger partial charge in [-0.15, -0.1) is 0 Å². The number of rotatable bonds is 3. The summed E-state index contributed by atoms with van der Waals surface area (Å²) in [5, 5.41) is 0. The molecule has 2 fully saturated rings. The second-order valence-electron chi connectivity index (χ2n) is 5.66. The van der Waals surface area contributed by atoms with Crippen LogP contribution >= 0.6 is 0 Å². The van der Waals surface area contributed by atoms with Gasteiger partial charge in [0.15, 0.2) is 0 Å². The van der Waals surface area contributed by atoms with Gasteiger partial charge >= 0.3 is 0 Å². The molecular weight excluding hydrogens is 184 g/mol. The molecule has 1 nitrogen and oxygen atoms in total. The van der Waals surface area contributed by atoms with E-state index in [-0.39, 0.29) is 0 Å². The summed E-state index contributed by atoms with van der Waals surface area (Å²) >= 11 is 0. The number of methoxy groups -OCH3 is 1. The van der Waals surface area contributed by atoms with E-state index in [0.717, 1.165) is 30.3 Å². The highest BCUT2D eigenvalue weighted by Crippen LogP contribution is 2.46. The molecule has 0 saturated heterocycles. The maximum atomic E-state index is 5.38. The van der Waals surface area contributed by atoms with Crippen LogP contribution in [0.4, 0.5) is 0 Å². The summed E-state index contributed by atoms with van der Waals surface area (Å²) in [6, 6.07) is 0. The quantitative estimate of drug-likeness (QED) is 0.687. The molecule has 4 unspecified atom stereocenters. The number of hydrogen-bond acceptors (Lipinski definition) is 1. The second kappa shape index (κ2) is 5.34. The second-order valence-corrected chi connectivity index (χ2v) is 5.66. The highest BCUT2D eigenvalue weighted by atomic mass is 16.5. The Morgan fingerprint density at radius 2 is 2.00 bits per heavy atom. The number of ether oxygens (including phenoxy) is 1. The van der Waals surface area contributed by atoms with Crippen LogP contribution in [0.1, 0.15) is 51.9 Å². The fraction of sp³-hybridized carbons (Fsp3) is 1.00. The summed E-state index contributed by atoms with van der Waals surface area (Å²) < 4.78 is 5.38. The smallest absolute Gasteiger partial charge is 0.0493 e. The van der Waals surface area contributed by atoms with E-state index in [2.05, 4.69) is 6.92 Å². The van der Waals surface area contributed by atoms with Gasteiger partial charge in [-0.25, -0.2) is 0 Å². The summed E-state index contributed by atoms with van der Waals surface area (Å²) in [5.74, 6) is 3.96. The zero-order chi connectivity index (χ0) is 10.7. The van der Waals surface area contributed by atoms with Gasteiger partial charge in [0.1, 0.15) is 0 Å². The van der Waals surface area contributed by atoms with E-state index in [1.165, 1.54) is 44.9 Å². The zero-order valence-corrected chi connectivity index (χ0v) is 10.4. The van der Waals surface area contributed by atoms with Crippen LogP contribution in [0.5, 0.6) is 0 Å². The Kier molecular flexibility index (Phi) is 4.07. The van der Waals surface area contributed by atoms with Crippen molar-refractivity contribution in [2.75, 3.05) is 13.7 Å². The van der Waals surface area contributed by atoms with E-state index in [4.69, 9.17) is 4.74 Å². The van der Waals surface area contributed by atoms with Crippen LogP contribution < -0.4 is 0 Å². The molecule has 2 rings (SSSR count). The van der Waals surface area contributed by atoms with E-state index in [0.29, 0.717) is 0 Å². The minimum atomic E-state index is 0.881. The first-order valence-electron chi connectivity index (χ1n) is 6.84. The molecule has 2 aliphatic rings. The van der Waals surface area contributed by atoms with Crippen molar-refractivity contribution in [1.82, 2.24) is 0 Å². The molecule has 15 heavy (non-hydrogen) atoms. The van der Waals surface area contributed by atoms with Crippen LogP contribution in [0.15, 0.2) is 0 Å². The van der Waals surface area contributed by atoms with E-state index in [1.807, 2.05) is 7.11 Å². The third-order valence-corrected chi connectivity index (χ3v) is 4.86. The van der Waals surface area contributed by atoms with Crippen molar-refractivity contribution in [3.63, 3.8) is 0 Å². The van der Waals surface area contributed by atoms with Crippen molar-refractivity contribution in [3.05, 3.63) is 0 Å². The van der Waals surface area contributed by atoms with E-state index in [1.54, 1.807) is 0 Å². The monoisotopic (exact) mass is 210 g/mol. The molecule has 1 heteroatoms. The minimum Gasteiger partial charge on any atom is -0.384 e. The van der Waals surface area contributed by atoms with Gasteiger partial charge < -0.3 is 4.74 Å². The molecule has 4 atom stereocenters. The van der Waals surface area contributed by atoms with Gasteiger partial charge in [0, 0.05) is 13.7 Å². The van der Waals surface area contributed by atoms with Crippen molar-refractivity contribution in [2.24, 2.45) is 23.7 Å². The average Bonchev–Trinajstić information content (AvgIpc) is 2.29. The van der Waals surface area contributed by atoms with Gasteiger partial charge in [-0.3, -0.25) is 0 Å².